The fourth-order valence-electron chi connectivity index (χ4n) is 1.24. The van der Waals surface area contributed by atoms with Gasteiger partial charge in [0.05, 0.1) is 10.8 Å². The van der Waals surface area contributed by atoms with E-state index in [0.29, 0.717) is 21.6 Å². The maximum absolute atomic E-state index is 12.5. The lowest BCUT2D eigenvalue weighted by atomic mass is 10.5. The summed E-state index contributed by atoms with van der Waals surface area (Å²) in [5, 5.41) is 1.12. The van der Waals surface area contributed by atoms with Crippen LogP contribution in [0.1, 0.15) is 12.4 Å². The van der Waals surface area contributed by atoms with Gasteiger partial charge < -0.3 is 0 Å². The largest absolute Gasteiger partial charge is 0.319 e. The number of hydrogen-bond donors (Lipinski definition) is 0. The first-order valence-electron chi connectivity index (χ1n) is 4.71. The van der Waals surface area contributed by atoms with Crippen LogP contribution in [0.2, 0.25) is 5.02 Å². The lowest BCUT2D eigenvalue weighted by Gasteiger charge is -2.06. The first kappa shape index (κ1) is 12.3. The summed E-state index contributed by atoms with van der Waals surface area (Å²) in [6.07, 6.45) is 4.20. The zero-order valence-corrected chi connectivity index (χ0v) is 10.1. The SMILES string of the molecule is FC(F)n1ccnc1CSc1ncccc1Cl. The van der Waals surface area contributed by atoms with Gasteiger partial charge in [0.2, 0.25) is 0 Å². The maximum Gasteiger partial charge on any atom is 0.319 e. The van der Waals surface area contributed by atoms with Crippen LogP contribution >= 0.6 is 23.4 Å². The molecule has 2 heterocycles. The number of pyridine rings is 1. The highest BCUT2D eigenvalue weighted by Crippen LogP contribution is 2.27. The Morgan fingerprint density at radius 3 is 2.88 bits per heavy atom. The predicted octanol–water partition coefficient (Wildman–Crippen LogP) is 3.62. The van der Waals surface area contributed by atoms with Crippen LogP contribution in [0, 0.1) is 0 Å². The first-order chi connectivity index (χ1) is 8.18. The molecular weight excluding hydrogens is 268 g/mol. The van der Waals surface area contributed by atoms with E-state index in [1.54, 1.807) is 18.3 Å². The van der Waals surface area contributed by atoms with Gasteiger partial charge in [-0.15, -0.1) is 0 Å². The lowest BCUT2D eigenvalue weighted by Crippen LogP contribution is -2.02. The number of thioether (sulfide) groups is 1. The molecule has 0 atom stereocenters. The predicted molar refractivity (Wildman–Crippen MR) is 62.3 cm³/mol. The van der Waals surface area contributed by atoms with Gasteiger partial charge in [-0.05, 0) is 12.1 Å². The van der Waals surface area contributed by atoms with Crippen LogP contribution in [-0.4, -0.2) is 14.5 Å². The molecular formula is C10H8ClF2N3S. The van der Waals surface area contributed by atoms with Crippen LogP contribution in [0.5, 0.6) is 0 Å². The standard InChI is InChI=1S/C10H8ClF2N3S/c11-7-2-1-3-15-9(7)17-6-8-14-4-5-16(8)10(12)13/h1-5,10H,6H2. The number of nitrogens with zero attached hydrogens (tertiary/aromatic N) is 3. The average molecular weight is 276 g/mol. The Bertz CT molecular complexity index is 504. The molecule has 2 aromatic heterocycles. The zero-order chi connectivity index (χ0) is 12.3. The molecule has 0 aliphatic heterocycles. The quantitative estimate of drug-likeness (QED) is 0.799. The highest BCUT2D eigenvalue weighted by Gasteiger charge is 2.12. The lowest BCUT2D eigenvalue weighted by molar-refractivity contribution is 0.0678. The zero-order valence-electron chi connectivity index (χ0n) is 8.55. The molecule has 0 spiro atoms. The second-order valence-electron chi connectivity index (χ2n) is 3.11. The molecule has 7 heteroatoms. The Hall–Kier alpha value is -1.14. The molecule has 0 saturated carbocycles. The summed E-state index contributed by atoms with van der Waals surface area (Å²) in [5.74, 6) is 0.598. The van der Waals surface area contributed by atoms with Gasteiger partial charge in [-0.2, -0.15) is 8.78 Å². The van der Waals surface area contributed by atoms with E-state index in [1.807, 2.05) is 0 Å². The molecule has 0 fully saturated rings. The minimum atomic E-state index is -2.58. The second kappa shape index (κ2) is 5.46. The summed E-state index contributed by atoms with van der Waals surface area (Å²) < 4.78 is 25.9. The normalized spacial score (nSPS) is 11.1. The van der Waals surface area contributed by atoms with Crippen LogP contribution < -0.4 is 0 Å². The van der Waals surface area contributed by atoms with Crippen molar-refractivity contribution in [1.29, 1.82) is 0 Å². The molecule has 0 N–H and O–H groups in total. The number of alkyl halides is 2. The number of halogens is 3. The molecule has 17 heavy (non-hydrogen) atoms. The van der Waals surface area contributed by atoms with E-state index >= 15 is 0 Å². The van der Waals surface area contributed by atoms with E-state index in [2.05, 4.69) is 9.97 Å². The number of hydrogen-bond acceptors (Lipinski definition) is 3. The molecule has 2 rings (SSSR count). The first-order valence-corrected chi connectivity index (χ1v) is 6.08. The van der Waals surface area contributed by atoms with Crippen molar-refractivity contribution < 1.29 is 8.78 Å². The van der Waals surface area contributed by atoms with E-state index in [-0.39, 0.29) is 0 Å². The fourth-order valence-corrected chi connectivity index (χ4v) is 2.36. The summed E-state index contributed by atoms with van der Waals surface area (Å²) >= 11 is 7.18. The van der Waals surface area contributed by atoms with Crippen molar-refractivity contribution in [1.82, 2.24) is 14.5 Å². The summed E-state index contributed by atoms with van der Waals surface area (Å²) in [6, 6.07) is 3.42. The number of rotatable bonds is 4. The molecule has 0 aromatic carbocycles. The van der Waals surface area contributed by atoms with Crippen LogP contribution in [0.4, 0.5) is 8.78 Å². The van der Waals surface area contributed by atoms with Crippen LogP contribution in [0.15, 0.2) is 35.7 Å². The van der Waals surface area contributed by atoms with E-state index < -0.39 is 6.55 Å². The van der Waals surface area contributed by atoms with Gasteiger partial charge in [0.1, 0.15) is 10.9 Å². The third-order valence-electron chi connectivity index (χ3n) is 2.02. The van der Waals surface area contributed by atoms with Crippen molar-refractivity contribution in [2.75, 3.05) is 0 Å². The highest BCUT2D eigenvalue weighted by molar-refractivity contribution is 7.98. The number of aromatic nitrogens is 3. The van der Waals surface area contributed by atoms with Gasteiger partial charge >= 0.3 is 6.55 Å². The van der Waals surface area contributed by atoms with E-state index in [1.165, 1.54) is 24.2 Å². The Labute approximate surface area is 106 Å². The Balaban J connectivity index is 2.08. The van der Waals surface area contributed by atoms with Gasteiger partial charge in [0.15, 0.2) is 0 Å². The van der Waals surface area contributed by atoms with Crippen molar-refractivity contribution >= 4 is 23.4 Å². The van der Waals surface area contributed by atoms with Gasteiger partial charge in [0.25, 0.3) is 0 Å². The van der Waals surface area contributed by atoms with Crippen LogP contribution in [0.25, 0.3) is 0 Å². The number of imidazole rings is 1. The minimum absolute atomic E-state index is 0.298. The van der Waals surface area contributed by atoms with Gasteiger partial charge in [0, 0.05) is 18.6 Å². The summed E-state index contributed by atoms with van der Waals surface area (Å²) in [4.78, 5) is 7.93. The molecule has 0 unspecified atom stereocenters. The monoisotopic (exact) mass is 275 g/mol. The van der Waals surface area contributed by atoms with E-state index in [0.717, 1.165) is 4.57 Å². The Morgan fingerprint density at radius 1 is 1.35 bits per heavy atom. The molecule has 2 aromatic rings. The van der Waals surface area contributed by atoms with Crippen molar-refractivity contribution in [2.45, 2.75) is 17.3 Å². The van der Waals surface area contributed by atoms with Gasteiger partial charge in [-0.25, -0.2) is 9.97 Å². The van der Waals surface area contributed by atoms with Gasteiger partial charge in [-0.1, -0.05) is 23.4 Å². The molecule has 0 saturated heterocycles. The molecule has 3 nitrogen and oxygen atoms in total. The second-order valence-corrected chi connectivity index (χ2v) is 4.48. The molecule has 0 amide bonds. The smallest absolute Gasteiger partial charge is 0.277 e. The summed E-state index contributed by atoms with van der Waals surface area (Å²) in [5.41, 5.74) is 0. The maximum atomic E-state index is 12.5. The van der Waals surface area contributed by atoms with Crippen LogP contribution in [-0.2, 0) is 5.75 Å². The highest BCUT2D eigenvalue weighted by atomic mass is 35.5. The van der Waals surface area contributed by atoms with Crippen molar-refractivity contribution in [2.24, 2.45) is 0 Å². The summed E-state index contributed by atoms with van der Waals surface area (Å²) in [6.45, 7) is -2.58. The van der Waals surface area contributed by atoms with Crippen LogP contribution in [0.3, 0.4) is 0 Å². The topological polar surface area (TPSA) is 30.7 Å². The molecule has 0 bridgehead atoms. The van der Waals surface area contributed by atoms with E-state index in [9.17, 15) is 8.78 Å². The van der Waals surface area contributed by atoms with Crippen molar-refractivity contribution in [3.05, 3.63) is 41.6 Å². The molecule has 90 valence electrons. The molecule has 0 aliphatic rings. The van der Waals surface area contributed by atoms with Crippen molar-refractivity contribution in [3.8, 4) is 0 Å². The van der Waals surface area contributed by atoms with Crippen molar-refractivity contribution in [3.63, 3.8) is 0 Å². The molecule has 0 aliphatic carbocycles. The molecule has 0 radical (unpaired) electrons. The Morgan fingerprint density at radius 2 is 2.18 bits per heavy atom. The van der Waals surface area contributed by atoms with E-state index in [4.69, 9.17) is 11.6 Å². The third kappa shape index (κ3) is 2.95. The average Bonchev–Trinajstić information content (AvgIpc) is 2.76. The summed E-state index contributed by atoms with van der Waals surface area (Å²) in [7, 11) is 0. The Kier molecular flexibility index (Phi) is 3.96. The van der Waals surface area contributed by atoms with Gasteiger partial charge in [-0.3, -0.25) is 4.57 Å². The third-order valence-corrected chi connectivity index (χ3v) is 3.44. The fraction of sp³-hybridized carbons (Fsp3) is 0.200. The minimum Gasteiger partial charge on any atom is -0.277 e.